The number of hydrogen-bond acceptors (Lipinski definition) is 2. The summed E-state index contributed by atoms with van der Waals surface area (Å²) in [6.07, 6.45) is 2.62. The fourth-order valence-electron chi connectivity index (χ4n) is 1.73. The standard InChI is InChI=1S/C15H22ClNO2/c1-3-10-19-14-7-5-6-12(11-14)15(18)17-13(4-2)8-9-16/h5-7,11,13H,3-4,8-10H2,1-2H3,(H,17,18). The van der Waals surface area contributed by atoms with Gasteiger partial charge in [-0.05, 0) is 37.5 Å². The van der Waals surface area contributed by atoms with Gasteiger partial charge in [-0.3, -0.25) is 4.79 Å². The average Bonchev–Trinajstić information content (AvgIpc) is 2.44. The molecule has 1 aromatic carbocycles. The molecule has 106 valence electrons. The SMILES string of the molecule is CCCOc1cccc(C(=O)NC(CC)CCCl)c1. The van der Waals surface area contributed by atoms with Crippen LogP contribution in [-0.4, -0.2) is 24.4 Å². The molecule has 4 heteroatoms. The molecule has 1 aromatic rings. The molecule has 0 aliphatic heterocycles. The Morgan fingerprint density at radius 2 is 2.21 bits per heavy atom. The van der Waals surface area contributed by atoms with Gasteiger partial charge < -0.3 is 10.1 Å². The van der Waals surface area contributed by atoms with Crippen LogP contribution < -0.4 is 10.1 Å². The lowest BCUT2D eigenvalue weighted by Crippen LogP contribution is -2.34. The minimum atomic E-state index is -0.0704. The van der Waals surface area contributed by atoms with E-state index in [-0.39, 0.29) is 11.9 Å². The first-order chi connectivity index (χ1) is 9.21. The Labute approximate surface area is 120 Å². The number of alkyl halides is 1. The molecule has 0 radical (unpaired) electrons. The Bertz CT molecular complexity index is 395. The van der Waals surface area contributed by atoms with Crippen molar-refractivity contribution in [3.8, 4) is 5.75 Å². The van der Waals surface area contributed by atoms with Gasteiger partial charge in [0.25, 0.3) is 5.91 Å². The second-order valence-electron chi connectivity index (χ2n) is 4.43. The minimum Gasteiger partial charge on any atom is -0.494 e. The van der Waals surface area contributed by atoms with E-state index in [1.54, 1.807) is 12.1 Å². The van der Waals surface area contributed by atoms with Crippen LogP contribution in [0.25, 0.3) is 0 Å². The Balaban J connectivity index is 2.65. The molecule has 1 unspecified atom stereocenters. The van der Waals surface area contributed by atoms with E-state index >= 15 is 0 Å². The number of halogens is 1. The van der Waals surface area contributed by atoms with Crippen LogP contribution in [0.2, 0.25) is 0 Å². The summed E-state index contributed by atoms with van der Waals surface area (Å²) in [4.78, 5) is 12.1. The Morgan fingerprint density at radius 3 is 2.84 bits per heavy atom. The molecule has 0 saturated heterocycles. The average molecular weight is 284 g/mol. The molecule has 3 nitrogen and oxygen atoms in total. The lowest BCUT2D eigenvalue weighted by Gasteiger charge is -2.16. The van der Waals surface area contributed by atoms with Gasteiger partial charge in [0, 0.05) is 17.5 Å². The number of ether oxygens (including phenoxy) is 1. The van der Waals surface area contributed by atoms with Crippen LogP contribution in [0.3, 0.4) is 0 Å². The predicted octanol–water partition coefficient (Wildman–Crippen LogP) is 3.61. The molecule has 1 rings (SSSR count). The molecule has 1 N–H and O–H groups in total. The maximum atomic E-state index is 12.1. The highest BCUT2D eigenvalue weighted by Crippen LogP contribution is 2.14. The van der Waals surface area contributed by atoms with Gasteiger partial charge in [-0.25, -0.2) is 0 Å². The van der Waals surface area contributed by atoms with E-state index in [4.69, 9.17) is 16.3 Å². The number of rotatable bonds is 8. The van der Waals surface area contributed by atoms with Crippen molar-refractivity contribution in [1.82, 2.24) is 5.32 Å². The normalized spacial score (nSPS) is 11.9. The summed E-state index contributed by atoms with van der Waals surface area (Å²) in [6.45, 7) is 4.75. The van der Waals surface area contributed by atoms with Gasteiger partial charge in [-0.15, -0.1) is 11.6 Å². The number of carbonyl (C=O) groups is 1. The lowest BCUT2D eigenvalue weighted by atomic mass is 10.1. The molecule has 0 spiro atoms. The first-order valence-corrected chi connectivity index (χ1v) is 7.34. The fourth-order valence-corrected chi connectivity index (χ4v) is 1.99. The van der Waals surface area contributed by atoms with Gasteiger partial charge in [0.15, 0.2) is 0 Å². The van der Waals surface area contributed by atoms with Crippen molar-refractivity contribution in [3.05, 3.63) is 29.8 Å². The molecule has 1 atom stereocenters. The second-order valence-corrected chi connectivity index (χ2v) is 4.81. The second kappa shape index (κ2) is 8.81. The topological polar surface area (TPSA) is 38.3 Å². The van der Waals surface area contributed by atoms with Crippen LogP contribution in [-0.2, 0) is 0 Å². The highest BCUT2D eigenvalue weighted by molar-refractivity contribution is 6.17. The minimum absolute atomic E-state index is 0.0704. The molecular formula is C15H22ClNO2. The maximum absolute atomic E-state index is 12.1. The summed E-state index contributed by atoms with van der Waals surface area (Å²) in [5.74, 6) is 1.22. The Kier molecular flexibility index (Phi) is 7.34. The zero-order valence-corrected chi connectivity index (χ0v) is 12.4. The highest BCUT2D eigenvalue weighted by atomic mass is 35.5. The summed E-state index contributed by atoms with van der Waals surface area (Å²) in [7, 11) is 0. The van der Waals surface area contributed by atoms with Gasteiger partial charge in [0.1, 0.15) is 5.75 Å². The number of carbonyl (C=O) groups excluding carboxylic acids is 1. The lowest BCUT2D eigenvalue weighted by molar-refractivity contribution is 0.0934. The maximum Gasteiger partial charge on any atom is 0.251 e. The van der Waals surface area contributed by atoms with Crippen LogP contribution in [0.1, 0.15) is 43.5 Å². The fraction of sp³-hybridized carbons (Fsp3) is 0.533. The van der Waals surface area contributed by atoms with Crippen molar-refractivity contribution in [2.45, 2.75) is 39.2 Å². The number of benzene rings is 1. The molecule has 0 heterocycles. The third kappa shape index (κ3) is 5.52. The Hall–Kier alpha value is -1.22. The summed E-state index contributed by atoms with van der Waals surface area (Å²) in [6, 6.07) is 7.40. The van der Waals surface area contributed by atoms with Crippen molar-refractivity contribution in [2.24, 2.45) is 0 Å². The number of nitrogens with one attached hydrogen (secondary N) is 1. The van der Waals surface area contributed by atoms with Gasteiger partial charge in [-0.2, -0.15) is 0 Å². The van der Waals surface area contributed by atoms with Crippen LogP contribution in [0, 0.1) is 0 Å². The first-order valence-electron chi connectivity index (χ1n) is 6.80. The molecule has 0 fully saturated rings. The van der Waals surface area contributed by atoms with Crippen LogP contribution in [0.4, 0.5) is 0 Å². The van der Waals surface area contributed by atoms with E-state index in [2.05, 4.69) is 12.2 Å². The molecular weight excluding hydrogens is 262 g/mol. The molecule has 1 amide bonds. The first kappa shape index (κ1) is 15.8. The summed E-state index contributed by atoms with van der Waals surface area (Å²) in [5, 5.41) is 2.99. The van der Waals surface area contributed by atoms with Gasteiger partial charge >= 0.3 is 0 Å². The van der Waals surface area contributed by atoms with Gasteiger partial charge in [0.2, 0.25) is 0 Å². The monoisotopic (exact) mass is 283 g/mol. The van der Waals surface area contributed by atoms with Crippen LogP contribution in [0.15, 0.2) is 24.3 Å². The van der Waals surface area contributed by atoms with Crippen molar-refractivity contribution in [2.75, 3.05) is 12.5 Å². The zero-order valence-electron chi connectivity index (χ0n) is 11.6. The summed E-state index contributed by atoms with van der Waals surface area (Å²) < 4.78 is 5.52. The third-order valence-electron chi connectivity index (χ3n) is 2.85. The summed E-state index contributed by atoms with van der Waals surface area (Å²) >= 11 is 5.72. The molecule has 0 saturated carbocycles. The third-order valence-corrected chi connectivity index (χ3v) is 3.07. The van der Waals surface area contributed by atoms with Gasteiger partial charge in [0.05, 0.1) is 6.61 Å². The number of amides is 1. The van der Waals surface area contributed by atoms with Crippen molar-refractivity contribution in [1.29, 1.82) is 0 Å². The highest BCUT2D eigenvalue weighted by Gasteiger charge is 2.12. The van der Waals surface area contributed by atoms with Crippen LogP contribution >= 0.6 is 11.6 Å². The van der Waals surface area contributed by atoms with E-state index in [9.17, 15) is 4.79 Å². The van der Waals surface area contributed by atoms with E-state index in [0.717, 1.165) is 25.0 Å². The summed E-state index contributed by atoms with van der Waals surface area (Å²) in [5.41, 5.74) is 0.627. The van der Waals surface area contributed by atoms with Crippen LogP contribution in [0.5, 0.6) is 5.75 Å². The zero-order chi connectivity index (χ0) is 14.1. The van der Waals surface area contributed by atoms with Gasteiger partial charge in [-0.1, -0.05) is 19.9 Å². The largest absolute Gasteiger partial charge is 0.494 e. The van der Waals surface area contributed by atoms with E-state index < -0.39 is 0 Å². The van der Waals surface area contributed by atoms with Crippen molar-refractivity contribution < 1.29 is 9.53 Å². The van der Waals surface area contributed by atoms with E-state index in [1.807, 2.05) is 19.1 Å². The molecule has 0 aliphatic carbocycles. The Morgan fingerprint density at radius 1 is 1.42 bits per heavy atom. The molecule has 0 bridgehead atoms. The molecule has 19 heavy (non-hydrogen) atoms. The van der Waals surface area contributed by atoms with Crippen molar-refractivity contribution >= 4 is 17.5 Å². The quantitative estimate of drug-likeness (QED) is 0.740. The molecule has 0 aromatic heterocycles. The number of hydrogen-bond donors (Lipinski definition) is 1. The predicted molar refractivity (Wildman–Crippen MR) is 79.1 cm³/mol. The smallest absolute Gasteiger partial charge is 0.251 e. The van der Waals surface area contributed by atoms with E-state index in [1.165, 1.54) is 0 Å². The van der Waals surface area contributed by atoms with E-state index in [0.29, 0.717) is 18.1 Å². The van der Waals surface area contributed by atoms with Crippen molar-refractivity contribution in [3.63, 3.8) is 0 Å². The molecule has 0 aliphatic rings.